The van der Waals surface area contributed by atoms with Crippen molar-refractivity contribution in [3.63, 3.8) is 0 Å². The van der Waals surface area contributed by atoms with Gasteiger partial charge in [-0.3, -0.25) is 0 Å². The molecule has 0 aromatic carbocycles. The molecule has 0 fully saturated rings. The second kappa shape index (κ2) is 24.3. The second-order valence-electron chi connectivity index (χ2n) is 0. The standard InChI is InChI=1S/BrH.K.2Na.H2O/h1H;;;;1H2/q;3*+1;/p-2. The van der Waals surface area contributed by atoms with Crippen molar-refractivity contribution in [1.82, 2.24) is 0 Å². The summed E-state index contributed by atoms with van der Waals surface area (Å²) in [7, 11) is 0. The molecule has 0 rings (SSSR count). The van der Waals surface area contributed by atoms with E-state index in [9.17, 15) is 0 Å². The van der Waals surface area contributed by atoms with Crippen molar-refractivity contribution in [1.29, 1.82) is 0 Å². The molecule has 0 saturated heterocycles. The Morgan fingerprint density at radius 1 is 0.800 bits per heavy atom. The molecule has 0 amide bonds. The summed E-state index contributed by atoms with van der Waals surface area (Å²) in [5.74, 6) is 0. The largest absolute Gasteiger partial charge is 1.00 e. The van der Waals surface area contributed by atoms with E-state index in [4.69, 9.17) is 0 Å². The summed E-state index contributed by atoms with van der Waals surface area (Å²) < 4.78 is 0. The normalized spacial score (nSPS) is 0. The van der Waals surface area contributed by atoms with Gasteiger partial charge in [-0.25, -0.2) is 0 Å². The summed E-state index contributed by atoms with van der Waals surface area (Å²) >= 11 is 0. The van der Waals surface area contributed by atoms with E-state index in [2.05, 4.69) is 0 Å². The fraction of sp³-hybridized carbons (Fsp3) is 0. The molecule has 1 nitrogen and oxygen atoms in total. The van der Waals surface area contributed by atoms with Crippen LogP contribution in [0.25, 0.3) is 0 Å². The van der Waals surface area contributed by atoms with Gasteiger partial charge in [0.15, 0.2) is 0 Å². The molecule has 0 saturated carbocycles. The summed E-state index contributed by atoms with van der Waals surface area (Å²) in [5.41, 5.74) is 0. The molecule has 0 aromatic rings. The zero-order valence-corrected chi connectivity index (χ0v) is 12.5. The fourth-order valence-corrected chi connectivity index (χ4v) is 0. The summed E-state index contributed by atoms with van der Waals surface area (Å²) in [6.45, 7) is 0. The SMILES string of the molecule is [Br-].[K+].[Na+].[Na+].[OH-]. The first-order chi connectivity index (χ1) is 0. The average Bonchev–Trinajstić information content (AvgIpc) is 0. The molecule has 0 aliphatic heterocycles. The van der Waals surface area contributed by atoms with Crippen molar-refractivity contribution in [3.05, 3.63) is 0 Å². The van der Waals surface area contributed by atoms with Gasteiger partial charge in [0.05, 0.1) is 0 Å². The van der Waals surface area contributed by atoms with Crippen molar-refractivity contribution < 1.29 is 133 Å². The van der Waals surface area contributed by atoms with E-state index in [-0.39, 0.29) is 133 Å². The zero-order chi connectivity index (χ0) is 0. The Morgan fingerprint density at radius 3 is 0.800 bits per heavy atom. The molecule has 0 unspecified atom stereocenters. The molecular formula is HBrKNa2O+. The van der Waals surface area contributed by atoms with Gasteiger partial charge in [0.25, 0.3) is 0 Å². The van der Waals surface area contributed by atoms with Gasteiger partial charge in [-0.1, -0.05) is 0 Å². The molecule has 0 aliphatic rings. The Kier molecular flexibility index (Phi) is 173. The first-order valence-corrected chi connectivity index (χ1v) is 0. The van der Waals surface area contributed by atoms with Crippen LogP contribution in [0.5, 0.6) is 0 Å². The van der Waals surface area contributed by atoms with E-state index in [1.54, 1.807) is 0 Å². The van der Waals surface area contributed by atoms with Crippen LogP contribution in [0.1, 0.15) is 0 Å². The third kappa shape index (κ3) is 17.9. The summed E-state index contributed by atoms with van der Waals surface area (Å²) in [4.78, 5) is 0. The average molecular weight is 182 g/mol. The maximum absolute atomic E-state index is 0. The van der Waals surface area contributed by atoms with Crippen LogP contribution in [-0.4, -0.2) is 5.48 Å². The van der Waals surface area contributed by atoms with Crippen molar-refractivity contribution >= 4 is 0 Å². The molecule has 0 atom stereocenters. The Morgan fingerprint density at radius 2 is 0.800 bits per heavy atom. The van der Waals surface area contributed by atoms with Crippen molar-refractivity contribution in [2.24, 2.45) is 0 Å². The summed E-state index contributed by atoms with van der Waals surface area (Å²) in [5, 5.41) is 0. The van der Waals surface area contributed by atoms with Crippen LogP contribution >= 0.6 is 0 Å². The predicted molar refractivity (Wildman–Crippen MR) is 1.94 cm³/mol. The van der Waals surface area contributed by atoms with Crippen molar-refractivity contribution in [3.8, 4) is 0 Å². The van der Waals surface area contributed by atoms with Crippen LogP contribution in [0.3, 0.4) is 0 Å². The van der Waals surface area contributed by atoms with Crippen LogP contribution in [-0.2, 0) is 0 Å². The van der Waals surface area contributed by atoms with Gasteiger partial charge in [-0.15, -0.1) is 0 Å². The molecule has 0 spiro atoms. The molecule has 0 aromatic heterocycles. The molecule has 0 heterocycles. The Hall–Kier alpha value is 4.08. The minimum Gasteiger partial charge on any atom is -1.00 e. The van der Waals surface area contributed by atoms with E-state index in [0.717, 1.165) is 0 Å². The van der Waals surface area contributed by atoms with Crippen LogP contribution < -0.4 is 127 Å². The Bertz CT molecular complexity index is 9.61. The number of hydrogen-bond acceptors (Lipinski definition) is 1. The third-order valence-electron chi connectivity index (χ3n) is 0. The van der Waals surface area contributed by atoms with Gasteiger partial charge < -0.3 is 22.5 Å². The number of rotatable bonds is 0. The van der Waals surface area contributed by atoms with Crippen LogP contribution in [0.4, 0.5) is 0 Å². The fourth-order valence-electron chi connectivity index (χ4n) is 0. The van der Waals surface area contributed by atoms with Gasteiger partial charge in [-0.05, 0) is 0 Å². The monoisotopic (exact) mass is 181 g/mol. The predicted octanol–water partition coefficient (Wildman–Crippen LogP) is -12.2. The van der Waals surface area contributed by atoms with Gasteiger partial charge in [0.2, 0.25) is 0 Å². The topological polar surface area (TPSA) is 30.0 Å². The number of halogens is 1. The van der Waals surface area contributed by atoms with Crippen LogP contribution in [0, 0.1) is 0 Å². The van der Waals surface area contributed by atoms with Gasteiger partial charge in [-0.2, -0.15) is 0 Å². The molecule has 1 N–H and O–H groups in total. The molecule has 0 radical (unpaired) electrons. The molecule has 0 aliphatic carbocycles. The summed E-state index contributed by atoms with van der Waals surface area (Å²) in [6, 6.07) is 0. The van der Waals surface area contributed by atoms with Gasteiger partial charge in [0, 0.05) is 0 Å². The maximum Gasteiger partial charge on any atom is 1.00 e. The van der Waals surface area contributed by atoms with Crippen LogP contribution in [0.15, 0.2) is 0 Å². The molecular weight excluding hydrogens is 181 g/mol. The molecule has 5 heavy (non-hydrogen) atoms. The zero-order valence-electron chi connectivity index (χ0n) is 3.83. The third-order valence-corrected chi connectivity index (χ3v) is 0. The van der Waals surface area contributed by atoms with E-state index < -0.39 is 0 Å². The quantitative estimate of drug-likeness (QED) is 0.342. The van der Waals surface area contributed by atoms with E-state index in [1.165, 1.54) is 0 Å². The Labute approximate surface area is 129 Å². The minimum absolute atomic E-state index is 0. The van der Waals surface area contributed by atoms with Crippen molar-refractivity contribution in [2.75, 3.05) is 0 Å². The van der Waals surface area contributed by atoms with Gasteiger partial charge in [0.1, 0.15) is 0 Å². The Balaban J connectivity index is 0. The second-order valence-corrected chi connectivity index (χ2v) is 0. The van der Waals surface area contributed by atoms with Crippen LogP contribution in [0.2, 0.25) is 0 Å². The number of hydrogen-bond donors (Lipinski definition) is 0. The smallest absolute Gasteiger partial charge is 1.00 e. The molecule has 0 bridgehead atoms. The maximum atomic E-state index is 0. The van der Waals surface area contributed by atoms with E-state index in [0.29, 0.717) is 0 Å². The van der Waals surface area contributed by atoms with E-state index in [1.807, 2.05) is 0 Å². The van der Waals surface area contributed by atoms with E-state index >= 15 is 0 Å². The van der Waals surface area contributed by atoms with Gasteiger partial charge >= 0.3 is 110 Å². The first kappa shape index (κ1) is 35.6. The molecule has 16 valence electrons. The molecule has 5 heteroatoms. The summed E-state index contributed by atoms with van der Waals surface area (Å²) in [6.07, 6.45) is 0. The minimum atomic E-state index is 0. The van der Waals surface area contributed by atoms with Crippen molar-refractivity contribution in [2.45, 2.75) is 0 Å². The first-order valence-electron chi connectivity index (χ1n) is 0.